The minimum absolute atomic E-state index is 0.152. The molecule has 3 rings (SSSR count). The van der Waals surface area contributed by atoms with E-state index in [4.69, 9.17) is 18.5 Å². The summed E-state index contributed by atoms with van der Waals surface area (Å²) in [4.78, 5) is 37.7. The van der Waals surface area contributed by atoms with Crippen LogP contribution in [0.5, 0.6) is 5.75 Å². The third kappa shape index (κ3) is 6.48. The SMILES string of the molecule is CC(C)OC(=O)[C@H](C)N[P@@](=O)(OC[C@H]1O[C@@H](n2ccc(=O)[nH]c2=O)[C@@](C)(F)[C@H]1O)Oc1ccccc1. The summed E-state index contributed by atoms with van der Waals surface area (Å²) in [6, 6.07) is 7.86. The molecule has 2 heterocycles. The molecule has 1 aliphatic heterocycles. The number of hydrogen-bond acceptors (Lipinski definition) is 9. The fraction of sp³-hybridized carbons (Fsp3) is 0.500. The number of halogens is 1. The summed E-state index contributed by atoms with van der Waals surface area (Å²) in [6.07, 6.45) is -4.21. The van der Waals surface area contributed by atoms with Gasteiger partial charge in [0.1, 0.15) is 24.0 Å². The van der Waals surface area contributed by atoms with Gasteiger partial charge in [0.15, 0.2) is 11.9 Å². The number of aromatic nitrogens is 2. The highest BCUT2D eigenvalue weighted by Gasteiger charge is 2.55. The summed E-state index contributed by atoms with van der Waals surface area (Å²) >= 11 is 0. The normalized spacial score (nSPS) is 26.4. The molecule has 1 aromatic heterocycles. The number of H-pyrrole nitrogens is 1. The number of nitrogens with one attached hydrogen (secondary N) is 2. The minimum Gasteiger partial charge on any atom is -0.462 e. The first-order chi connectivity index (χ1) is 16.8. The van der Waals surface area contributed by atoms with Crippen LogP contribution in [-0.2, 0) is 23.4 Å². The highest BCUT2D eigenvalue weighted by molar-refractivity contribution is 7.52. The zero-order chi connectivity index (χ0) is 26.7. The first kappa shape index (κ1) is 27.8. The maximum Gasteiger partial charge on any atom is 0.459 e. The summed E-state index contributed by atoms with van der Waals surface area (Å²) in [7, 11) is -4.30. The number of aliphatic hydroxyl groups is 1. The molecule has 0 amide bonds. The Labute approximate surface area is 205 Å². The van der Waals surface area contributed by atoms with E-state index in [0.717, 1.165) is 23.8 Å². The summed E-state index contributed by atoms with van der Waals surface area (Å²) in [5.41, 5.74) is -4.12. The molecule has 0 aliphatic carbocycles. The van der Waals surface area contributed by atoms with Crippen LogP contribution < -0.4 is 20.9 Å². The van der Waals surface area contributed by atoms with Crippen LogP contribution in [0.2, 0.25) is 0 Å². The Hall–Kier alpha value is -2.83. The van der Waals surface area contributed by atoms with Gasteiger partial charge in [0.05, 0.1) is 12.7 Å². The van der Waals surface area contributed by atoms with Crippen molar-refractivity contribution < 1.29 is 37.4 Å². The summed E-state index contributed by atoms with van der Waals surface area (Å²) in [5, 5.41) is 13.0. The fourth-order valence-corrected chi connectivity index (χ4v) is 4.97. The van der Waals surface area contributed by atoms with Crippen molar-refractivity contribution in [3.8, 4) is 5.75 Å². The van der Waals surface area contributed by atoms with Crippen molar-refractivity contribution in [3.63, 3.8) is 0 Å². The van der Waals surface area contributed by atoms with Gasteiger partial charge in [0, 0.05) is 12.3 Å². The van der Waals surface area contributed by atoms with Gasteiger partial charge in [-0.3, -0.25) is 23.7 Å². The molecular weight excluding hydrogens is 500 g/mol. The molecule has 14 heteroatoms. The molecule has 36 heavy (non-hydrogen) atoms. The van der Waals surface area contributed by atoms with E-state index in [2.05, 4.69) is 5.09 Å². The zero-order valence-corrected chi connectivity index (χ0v) is 21.0. The van der Waals surface area contributed by atoms with Gasteiger partial charge in [-0.15, -0.1) is 0 Å². The lowest BCUT2D eigenvalue weighted by atomic mass is 9.98. The maximum absolute atomic E-state index is 15.4. The predicted octanol–water partition coefficient (Wildman–Crippen LogP) is 1.66. The third-order valence-electron chi connectivity index (χ3n) is 5.26. The topological polar surface area (TPSA) is 158 Å². The molecule has 6 atom stereocenters. The lowest BCUT2D eigenvalue weighted by molar-refractivity contribution is -0.149. The Morgan fingerprint density at radius 2 is 1.94 bits per heavy atom. The van der Waals surface area contributed by atoms with Gasteiger partial charge in [-0.1, -0.05) is 18.2 Å². The summed E-state index contributed by atoms with van der Waals surface area (Å²) in [5.74, 6) is -0.560. The van der Waals surface area contributed by atoms with E-state index >= 15 is 4.39 Å². The van der Waals surface area contributed by atoms with Gasteiger partial charge in [-0.25, -0.2) is 13.8 Å². The predicted molar refractivity (Wildman–Crippen MR) is 125 cm³/mol. The van der Waals surface area contributed by atoms with Gasteiger partial charge >= 0.3 is 19.4 Å². The summed E-state index contributed by atoms with van der Waals surface area (Å²) in [6.45, 7) is 5.07. The van der Waals surface area contributed by atoms with E-state index in [1.807, 2.05) is 4.98 Å². The smallest absolute Gasteiger partial charge is 0.459 e. The number of benzene rings is 1. The number of rotatable bonds is 10. The molecule has 1 aromatic carbocycles. The van der Waals surface area contributed by atoms with Gasteiger partial charge in [0.25, 0.3) is 5.56 Å². The van der Waals surface area contributed by atoms with Crippen molar-refractivity contribution in [1.82, 2.24) is 14.6 Å². The monoisotopic (exact) mass is 529 g/mol. The molecule has 0 saturated carbocycles. The molecule has 1 fully saturated rings. The third-order valence-corrected chi connectivity index (χ3v) is 6.90. The van der Waals surface area contributed by atoms with Crippen molar-refractivity contribution in [2.45, 2.75) is 63.9 Å². The Morgan fingerprint density at radius 1 is 1.28 bits per heavy atom. The molecule has 12 nitrogen and oxygen atoms in total. The van der Waals surface area contributed by atoms with Crippen molar-refractivity contribution >= 4 is 13.7 Å². The van der Waals surface area contributed by atoms with E-state index in [1.54, 1.807) is 32.0 Å². The Morgan fingerprint density at radius 3 is 2.56 bits per heavy atom. The number of para-hydroxylation sites is 1. The average Bonchev–Trinajstić information content (AvgIpc) is 3.01. The van der Waals surface area contributed by atoms with E-state index in [1.165, 1.54) is 19.1 Å². The Kier molecular flexibility index (Phi) is 8.52. The first-order valence-electron chi connectivity index (χ1n) is 11.1. The second kappa shape index (κ2) is 11.1. The number of carbonyl (C=O) groups is 1. The number of aromatic amines is 1. The number of hydrogen-bond donors (Lipinski definition) is 3. The van der Waals surface area contributed by atoms with E-state index < -0.39 is 67.8 Å². The van der Waals surface area contributed by atoms with Gasteiger partial charge in [-0.2, -0.15) is 5.09 Å². The van der Waals surface area contributed by atoms with Crippen LogP contribution in [0, 0.1) is 0 Å². The number of esters is 1. The minimum atomic E-state index is -4.30. The maximum atomic E-state index is 15.4. The summed E-state index contributed by atoms with van der Waals surface area (Å²) < 4.78 is 51.4. The Bertz CT molecular complexity index is 1220. The van der Waals surface area contributed by atoms with E-state index in [-0.39, 0.29) is 5.75 Å². The molecule has 1 saturated heterocycles. The molecular formula is C22H29FN3O9P. The van der Waals surface area contributed by atoms with Crippen LogP contribution in [-0.4, -0.2) is 57.3 Å². The van der Waals surface area contributed by atoms with Crippen LogP contribution in [0.4, 0.5) is 4.39 Å². The second-order valence-electron chi connectivity index (χ2n) is 8.67. The van der Waals surface area contributed by atoms with Crippen molar-refractivity contribution in [2.24, 2.45) is 0 Å². The van der Waals surface area contributed by atoms with Crippen LogP contribution >= 0.6 is 7.75 Å². The number of ether oxygens (including phenoxy) is 2. The zero-order valence-electron chi connectivity index (χ0n) is 20.1. The average molecular weight is 529 g/mol. The fourth-order valence-electron chi connectivity index (χ4n) is 3.47. The van der Waals surface area contributed by atoms with Crippen molar-refractivity contribution in [2.75, 3.05) is 6.61 Å². The van der Waals surface area contributed by atoms with Crippen LogP contribution in [0.3, 0.4) is 0 Å². The molecule has 198 valence electrons. The largest absolute Gasteiger partial charge is 0.462 e. The van der Waals surface area contributed by atoms with Crippen LogP contribution in [0.25, 0.3) is 0 Å². The lowest BCUT2D eigenvalue weighted by Gasteiger charge is -2.25. The van der Waals surface area contributed by atoms with Gasteiger partial charge in [-0.05, 0) is 39.8 Å². The highest BCUT2D eigenvalue weighted by Crippen LogP contribution is 2.47. The number of nitrogens with zero attached hydrogens (tertiary/aromatic N) is 1. The van der Waals surface area contributed by atoms with E-state index in [0.29, 0.717) is 0 Å². The molecule has 3 N–H and O–H groups in total. The van der Waals surface area contributed by atoms with Gasteiger partial charge in [0.2, 0.25) is 0 Å². The molecule has 1 aliphatic rings. The lowest BCUT2D eigenvalue weighted by Crippen LogP contribution is -2.43. The van der Waals surface area contributed by atoms with Crippen molar-refractivity contribution in [3.05, 3.63) is 63.4 Å². The van der Waals surface area contributed by atoms with Crippen LogP contribution in [0.15, 0.2) is 52.2 Å². The van der Waals surface area contributed by atoms with Crippen molar-refractivity contribution in [1.29, 1.82) is 0 Å². The number of alkyl halides is 1. The molecule has 0 bridgehead atoms. The molecule has 0 spiro atoms. The quantitative estimate of drug-likeness (QED) is 0.305. The number of carbonyl (C=O) groups excluding carboxylic acids is 1. The van der Waals surface area contributed by atoms with E-state index in [9.17, 15) is 24.1 Å². The second-order valence-corrected chi connectivity index (χ2v) is 10.4. The Balaban J connectivity index is 1.80. The first-order valence-corrected chi connectivity index (χ1v) is 12.7. The van der Waals surface area contributed by atoms with Gasteiger partial charge < -0.3 is 19.1 Å². The highest BCUT2D eigenvalue weighted by atomic mass is 31.2. The molecule has 0 radical (unpaired) electrons. The van der Waals surface area contributed by atoms with Crippen LogP contribution in [0.1, 0.15) is 33.9 Å². The standard InChI is InChI=1S/C22H29FN3O9P/c1-13(2)33-19(29)14(3)25-36(31,35-15-8-6-5-7-9-15)32-12-16-18(28)22(4,23)20(34-16)26-11-10-17(27)24-21(26)30/h5-11,13-14,16,18,20,28H,12H2,1-4H3,(H,25,31)(H,24,27,30)/t14-,16+,18-,20+,22-,36+/m0/s1. The molecule has 0 unspecified atom stereocenters. The number of aliphatic hydroxyl groups excluding tert-OH is 1. The molecule has 2 aromatic rings.